The van der Waals surface area contributed by atoms with Crippen LogP contribution in [0.5, 0.6) is 0 Å². The van der Waals surface area contributed by atoms with Crippen molar-refractivity contribution in [3.05, 3.63) is 0 Å². The van der Waals surface area contributed by atoms with E-state index < -0.39 is 24.6 Å². The van der Waals surface area contributed by atoms with Gasteiger partial charge in [0.05, 0.1) is 0 Å². The van der Waals surface area contributed by atoms with Crippen LogP contribution < -0.4 is 40.9 Å². The summed E-state index contributed by atoms with van der Waals surface area (Å²) in [7, 11) is 0. The van der Waals surface area contributed by atoms with Crippen LogP contribution in [-0.2, 0) is 34.1 Å². The van der Waals surface area contributed by atoms with Crippen LogP contribution in [0, 0.1) is 0 Å². The number of hydrogen-bond donors (Lipinski definition) is 0. The van der Waals surface area contributed by atoms with Gasteiger partial charge in [-0.25, -0.2) is 0 Å². The molecule has 0 unspecified atom stereocenters. The molecule has 0 amide bonds. The molecule has 0 aromatic rings. The summed E-state index contributed by atoms with van der Waals surface area (Å²) in [5, 5.41) is 66.7. The topological polar surface area (TPSA) is 253 Å². The SMILES string of the molecule is O=C([O-])[O-].O=C([O-])[O-].O=C([O-])[O-].O=C([O-])[O-].[Ca+2].[Fe+2].[Mg+2].[Mn+2]. The molecule has 0 spiro atoms. The van der Waals surface area contributed by atoms with Crippen LogP contribution in [0.25, 0.3) is 0 Å². The van der Waals surface area contributed by atoms with Crippen LogP contribution in [-0.4, -0.2) is 85.4 Å². The van der Waals surface area contributed by atoms with Crippen molar-refractivity contribution in [3.8, 4) is 0 Å². The van der Waals surface area contributed by atoms with Crippen molar-refractivity contribution < 1.29 is 94.2 Å². The van der Waals surface area contributed by atoms with Gasteiger partial charge in [0.1, 0.15) is 0 Å². The van der Waals surface area contributed by atoms with Crippen LogP contribution >= 0.6 is 0 Å². The second-order valence-corrected chi connectivity index (χ2v) is 1.00. The fraction of sp³-hybridized carbons (Fsp3) is 0. The molecule has 0 aromatic carbocycles. The summed E-state index contributed by atoms with van der Waals surface area (Å²) in [4.78, 5) is 33.3. The third-order valence-corrected chi connectivity index (χ3v) is 0. The molecule has 107 valence electrons. The Morgan fingerprint density at radius 3 is 0.500 bits per heavy atom. The maximum absolute atomic E-state index is 8.33. The van der Waals surface area contributed by atoms with Crippen molar-refractivity contribution in [1.82, 2.24) is 0 Å². The minimum atomic E-state index is -2.33. The van der Waals surface area contributed by atoms with Crippen LogP contribution in [0.15, 0.2) is 0 Å². The summed E-state index contributed by atoms with van der Waals surface area (Å²) >= 11 is 0. The van der Waals surface area contributed by atoms with E-state index in [9.17, 15) is 0 Å². The first-order valence-electron chi connectivity index (χ1n) is 2.45. The fourth-order valence-electron chi connectivity index (χ4n) is 0. The largest absolute Gasteiger partial charge is 2.00 e. The van der Waals surface area contributed by atoms with Gasteiger partial charge in [0.2, 0.25) is 0 Å². The van der Waals surface area contributed by atoms with Gasteiger partial charge in [-0.3, -0.25) is 0 Å². The van der Waals surface area contributed by atoms with Gasteiger partial charge in [0.15, 0.2) is 0 Å². The first kappa shape index (κ1) is 50.1. The minimum absolute atomic E-state index is 0. The molecular weight excluding hydrogens is 415 g/mol. The summed E-state index contributed by atoms with van der Waals surface area (Å²) in [6.45, 7) is 0. The Morgan fingerprint density at radius 2 is 0.500 bits per heavy atom. The third-order valence-electron chi connectivity index (χ3n) is 0. The molecule has 0 fully saturated rings. The van der Waals surface area contributed by atoms with E-state index in [2.05, 4.69) is 0 Å². The number of carbonyl (C=O) groups is 4. The molecule has 0 aromatic heterocycles. The molecule has 20 heavy (non-hydrogen) atoms. The molecule has 0 rings (SSSR count). The van der Waals surface area contributed by atoms with Gasteiger partial charge in [-0.1, -0.05) is 0 Å². The Morgan fingerprint density at radius 1 is 0.500 bits per heavy atom. The van der Waals surface area contributed by atoms with Gasteiger partial charge in [0.25, 0.3) is 0 Å². The quantitative estimate of drug-likeness (QED) is 0.334. The van der Waals surface area contributed by atoms with E-state index in [1.165, 1.54) is 0 Å². The van der Waals surface area contributed by atoms with E-state index in [4.69, 9.17) is 60.0 Å². The predicted molar refractivity (Wildman–Crippen MR) is 33.1 cm³/mol. The summed E-state index contributed by atoms with van der Waals surface area (Å²) < 4.78 is 0. The number of hydrogen-bond acceptors (Lipinski definition) is 12. The van der Waals surface area contributed by atoms with Crippen molar-refractivity contribution in [2.75, 3.05) is 0 Å². The van der Waals surface area contributed by atoms with E-state index in [1.807, 2.05) is 0 Å². The summed E-state index contributed by atoms with van der Waals surface area (Å²) in [5.41, 5.74) is 0. The molecule has 16 heteroatoms. The molecule has 1 radical (unpaired) electrons. The van der Waals surface area contributed by atoms with Crippen molar-refractivity contribution in [2.24, 2.45) is 0 Å². The molecule has 0 N–H and O–H groups in total. The number of carbonyl (C=O) groups excluding carboxylic acids is 4. The Bertz CT molecular complexity index is 175. The van der Waals surface area contributed by atoms with Crippen molar-refractivity contribution in [1.29, 1.82) is 0 Å². The maximum Gasteiger partial charge on any atom is 2.00 e. The summed E-state index contributed by atoms with van der Waals surface area (Å²) in [6.07, 6.45) is -9.33. The molecule has 0 atom stereocenters. The predicted octanol–water partition coefficient (Wildman–Crippen LogP) is -10.6. The zero-order valence-corrected chi connectivity index (χ0v) is 15.0. The van der Waals surface area contributed by atoms with E-state index >= 15 is 0 Å². The maximum atomic E-state index is 8.33. The molecule has 0 heterocycles. The molecule has 0 aliphatic rings. The number of carboxylic acid groups (broad SMARTS) is 8. The second kappa shape index (κ2) is 42.7. The van der Waals surface area contributed by atoms with Crippen molar-refractivity contribution in [3.63, 3.8) is 0 Å². The minimum Gasteiger partial charge on any atom is -0.652 e. The van der Waals surface area contributed by atoms with E-state index in [1.54, 1.807) is 0 Å². The second-order valence-electron chi connectivity index (χ2n) is 1.00. The Kier molecular flexibility index (Phi) is 107. The van der Waals surface area contributed by atoms with Crippen molar-refractivity contribution >= 4 is 85.4 Å². The van der Waals surface area contributed by atoms with E-state index in [0.29, 0.717) is 0 Å². The van der Waals surface area contributed by atoms with E-state index in [-0.39, 0.29) is 94.9 Å². The Labute approximate surface area is 177 Å². The number of rotatable bonds is 0. The van der Waals surface area contributed by atoms with E-state index in [0.717, 1.165) is 0 Å². The normalized spacial score (nSPS) is 4.80. The first-order valence-corrected chi connectivity index (χ1v) is 2.45. The smallest absolute Gasteiger partial charge is 0.652 e. The monoisotopic (exact) mass is 415 g/mol. The van der Waals surface area contributed by atoms with Gasteiger partial charge in [-0.2, -0.15) is 0 Å². The molecule has 12 nitrogen and oxygen atoms in total. The van der Waals surface area contributed by atoms with Crippen LogP contribution in [0.2, 0.25) is 0 Å². The van der Waals surface area contributed by atoms with Crippen LogP contribution in [0.3, 0.4) is 0 Å². The standard InChI is InChI=1S/4CH2O3.Ca.Fe.Mg.Mn/c4*2-1(3)4;;;;/h4*(H2,2,3,4);;;;/q;;;;4*+2/p-8. The Balaban J connectivity index is -0.0000000150. The molecule has 0 saturated carbocycles. The van der Waals surface area contributed by atoms with Gasteiger partial charge in [0, 0.05) is 0 Å². The van der Waals surface area contributed by atoms with Crippen LogP contribution in [0.4, 0.5) is 19.2 Å². The summed E-state index contributed by atoms with van der Waals surface area (Å²) in [6, 6.07) is 0. The van der Waals surface area contributed by atoms with Crippen LogP contribution in [0.1, 0.15) is 0 Å². The average Bonchev–Trinajstić information content (AvgIpc) is 1.76. The molecule has 0 aliphatic carbocycles. The zero-order chi connectivity index (χ0) is 14.3. The molecule has 0 aliphatic heterocycles. The van der Waals surface area contributed by atoms with Gasteiger partial charge in [-0.05, 0) is 24.6 Å². The fourth-order valence-corrected chi connectivity index (χ4v) is 0. The molecular formula is C4CaFeMgMnO12. The van der Waals surface area contributed by atoms with Gasteiger partial charge < -0.3 is 60.0 Å². The molecule has 0 bridgehead atoms. The molecule has 0 saturated heterocycles. The van der Waals surface area contributed by atoms with Crippen molar-refractivity contribution in [2.45, 2.75) is 0 Å². The Hall–Kier alpha value is 0.145. The first-order chi connectivity index (χ1) is 6.93. The van der Waals surface area contributed by atoms with Gasteiger partial charge >= 0.3 is 94.9 Å². The van der Waals surface area contributed by atoms with Gasteiger partial charge in [-0.15, -0.1) is 0 Å². The zero-order valence-electron chi connectivity index (χ0n) is 9.04. The summed E-state index contributed by atoms with van der Waals surface area (Å²) in [5.74, 6) is 0. The third kappa shape index (κ3) is 254000. The average molecular weight is 415 g/mol.